The molecule has 0 radical (unpaired) electrons. The Morgan fingerprint density at radius 3 is 2.65 bits per heavy atom. The number of hydrogen-bond donors (Lipinski definition) is 1. The number of carbonyl (C=O) groups is 1. The van der Waals surface area contributed by atoms with Gasteiger partial charge in [0.2, 0.25) is 0 Å². The minimum absolute atomic E-state index is 0.278. The van der Waals surface area contributed by atoms with Crippen LogP contribution in [0, 0.1) is 0 Å². The maximum Gasteiger partial charge on any atom is 0.434 e. The molecule has 0 aromatic carbocycles. The molecular weight excluding hydrogens is 297 g/mol. The van der Waals surface area contributed by atoms with Gasteiger partial charge < -0.3 is 5.32 Å². The number of nitrogens with zero attached hydrogens (tertiary/aromatic N) is 3. The van der Waals surface area contributed by atoms with Gasteiger partial charge in [0.1, 0.15) is 5.15 Å². The number of aromatic nitrogens is 3. The molecule has 0 spiro atoms. The fourth-order valence-electron chi connectivity index (χ4n) is 1.52. The first kappa shape index (κ1) is 14.3. The van der Waals surface area contributed by atoms with Crippen molar-refractivity contribution in [3.05, 3.63) is 40.9 Å². The van der Waals surface area contributed by atoms with Gasteiger partial charge in [0.25, 0.3) is 5.91 Å². The molecule has 0 fully saturated rings. The first-order chi connectivity index (χ1) is 9.27. The lowest BCUT2D eigenvalue weighted by Gasteiger charge is -2.11. The zero-order valence-electron chi connectivity index (χ0n) is 10.1. The van der Waals surface area contributed by atoms with Gasteiger partial charge in [-0.2, -0.15) is 18.3 Å². The highest BCUT2D eigenvalue weighted by Gasteiger charge is 2.37. The average Bonchev–Trinajstić information content (AvgIpc) is 2.73. The summed E-state index contributed by atoms with van der Waals surface area (Å²) in [6.07, 6.45) is -2.00. The van der Waals surface area contributed by atoms with Crippen LogP contribution in [0.15, 0.2) is 24.5 Å². The number of rotatable bonds is 2. The van der Waals surface area contributed by atoms with Crippen molar-refractivity contribution in [1.29, 1.82) is 0 Å². The second-order valence-corrected chi connectivity index (χ2v) is 4.27. The summed E-state index contributed by atoms with van der Waals surface area (Å²) in [5.41, 5.74) is -1.65. The Morgan fingerprint density at radius 2 is 2.10 bits per heavy atom. The molecule has 0 atom stereocenters. The molecule has 0 aliphatic heterocycles. The highest BCUT2D eigenvalue weighted by atomic mass is 35.5. The standard InChI is InChI=1S/C11H8ClF3N4O/c1-19-5-6(4-16-19)17-10(20)7-2-3-8(12)18-9(7)11(13,14)15/h2-5H,1H3,(H,17,20). The number of anilines is 1. The van der Waals surface area contributed by atoms with Crippen molar-refractivity contribution in [2.75, 3.05) is 5.32 Å². The summed E-state index contributed by atoms with van der Waals surface area (Å²) < 4.78 is 39.8. The van der Waals surface area contributed by atoms with Crippen LogP contribution in [-0.4, -0.2) is 20.7 Å². The van der Waals surface area contributed by atoms with E-state index in [1.807, 2.05) is 0 Å². The Bertz CT molecular complexity index is 653. The predicted molar refractivity (Wildman–Crippen MR) is 65.4 cm³/mol. The SMILES string of the molecule is Cn1cc(NC(=O)c2ccc(Cl)nc2C(F)(F)F)cn1. The molecule has 2 rings (SSSR count). The van der Waals surface area contributed by atoms with Crippen molar-refractivity contribution >= 4 is 23.2 Å². The summed E-state index contributed by atoms with van der Waals surface area (Å²) in [4.78, 5) is 15.0. The molecule has 0 bridgehead atoms. The van der Waals surface area contributed by atoms with Crippen LogP contribution in [0.5, 0.6) is 0 Å². The second-order valence-electron chi connectivity index (χ2n) is 3.88. The number of hydrogen-bond acceptors (Lipinski definition) is 3. The molecule has 0 unspecified atom stereocenters. The van der Waals surface area contributed by atoms with Crippen molar-refractivity contribution in [3.63, 3.8) is 0 Å². The number of nitrogens with one attached hydrogen (secondary N) is 1. The molecule has 2 aromatic rings. The number of aryl methyl sites for hydroxylation is 1. The highest BCUT2D eigenvalue weighted by Crippen LogP contribution is 2.31. The topological polar surface area (TPSA) is 59.8 Å². The van der Waals surface area contributed by atoms with E-state index in [1.54, 1.807) is 7.05 Å². The summed E-state index contributed by atoms with van der Waals surface area (Å²) in [5.74, 6) is -0.936. The van der Waals surface area contributed by atoms with Crippen molar-refractivity contribution in [2.24, 2.45) is 7.05 Å². The number of halogens is 4. The molecule has 1 amide bonds. The number of carbonyl (C=O) groups excluding carboxylic acids is 1. The largest absolute Gasteiger partial charge is 0.434 e. The van der Waals surface area contributed by atoms with Gasteiger partial charge in [-0.15, -0.1) is 0 Å². The molecule has 0 aliphatic carbocycles. The zero-order valence-corrected chi connectivity index (χ0v) is 10.8. The zero-order chi connectivity index (χ0) is 14.9. The Hall–Kier alpha value is -2.09. The van der Waals surface area contributed by atoms with Crippen LogP contribution >= 0.6 is 11.6 Å². The number of amides is 1. The minimum Gasteiger partial charge on any atom is -0.319 e. The monoisotopic (exact) mass is 304 g/mol. The molecule has 106 valence electrons. The number of pyridine rings is 1. The third kappa shape index (κ3) is 3.08. The van der Waals surface area contributed by atoms with Gasteiger partial charge in [-0.1, -0.05) is 11.6 Å². The Morgan fingerprint density at radius 1 is 1.40 bits per heavy atom. The summed E-state index contributed by atoms with van der Waals surface area (Å²) in [6.45, 7) is 0. The number of alkyl halides is 3. The molecule has 9 heteroatoms. The fraction of sp³-hybridized carbons (Fsp3) is 0.182. The van der Waals surface area contributed by atoms with Crippen LogP contribution in [0.1, 0.15) is 16.1 Å². The Kier molecular flexibility index (Phi) is 3.67. The predicted octanol–water partition coefficient (Wildman–Crippen LogP) is 2.74. The van der Waals surface area contributed by atoms with E-state index in [9.17, 15) is 18.0 Å². The van der Waals surface area contributed by atoms with Gasteiger partial charge in [0.15, 0.2) is 5.69 Å². The van der Waals surface area contributed by atoms with Crippen molar-refractivity contribution in [3.8, 4) is 0 Å². The molecule has 0 saturated heterocycles. The summed E-state index contributed by atoms with van der Waals surface area (Å²) in [6, 6.07) is 2.10. The normalized spacial score (nSPS) is 11.4. The van der Waals surface area contributed by atoms with E-state index < -0.39 is 23.3 Å². The van der Waals surface area contributed by atoms with Crippen LogP contribution in [-0.2, 0) is 13.2 Å². The highest BCUT2D eigenvalue weighted by molar-refractivity contribution is 6.29. The van der Waals surface area contributed by atoms with Gasteiger partial charge in [-0.3, -0.25) is 9.48 Å². The third-order valence-corrected chi connectivity index (χ3v) is 2.55. The van der Waals surface area contributed by atoms with E-state index in [0.717, 1.165) is 12.1 Å². The van der Waals surface area contributed by atoms with Crippen molar-refractivity contribution in [1.82, 2.24) is 14.8 Å². The van der Waals surface area contributed by atoms with Gasteiger partial charge >= 0.3 is 6.18 Å². The van der Waals surface area contributed by atoms with E-state index in [1.165, 1.54) is 17.1 Å². The fourth-order valence-corrected chi connectivity index (χ4v) is 1.67. The van der Waals surface area contributed by atoms with E-state index in [-0.39, 0.29) is 10.8 Å². The van der Waals surface area contributed by atoms with Gasteiger partial charge in [-0.05, 0) is 12.1 Å². The Balaban J connectivity index is 2.34. The van der Waals surface area contributed by atoms with Crippen LogP contribution in [0.2, 0.25) is 5.15 Å². The molecule has 0 saturated carbocycles. The van der Waals surface area contributed by atoms with Crippen molar-refractivity contribution < 1.29 is 18.0 Å². The first-order valence-corrected chi connectivity index (χ1v) is 5.69. The van der Waals surface area contributed by atoms with Gasteiger partial charge in [0.05, 0.1) is 17.4 Å². The van der Waals surface area contributed by atoms with Gasteiger partial charge in [-0.25, -0.2) is 4.98 Å². The van der Waals surface area contributed by atoms with E-state index in [4.69, 9.17) is 11.6 Å². The van der Waals surface area contributed by atoms with E-state index >= 15 is 0 Å². The van der Waals surface area contributed by atoms with Crippen LogP contribution < -0.4 is 5.32 Å². The van der Waals surface area contributed by atoms with Crippen LogP contribution in [0.4, 0.5) is 18.9 Å². The molecule has 20 heavy (non-hydrogen) atoms. The average molecular weight is 305 g/mol. The van der Waals surface area contributed by atoms with Crippen molar-refractivity contribution in [2.45, 2.75) is 6.18 Å². The lowest BCUT2D eigenvalue weighted by Crippen LogP contribution is -2.20. The molecular formula is C11H8ClF3N4O. The second kappa shape index (κ2) is 5.12. The Labute approximate surface area is 116 Å². The molecule has 2 aromatic heterocycles. The lowest BCUT2D eigenvalue weighted by molar-refractivity contribution is -0.141. The van der Waals surface area contributed by atoms with Crippen LogP contribution in [0.25, 0.3) is 0 Å². The molecule has 2 heterocycles. The lowest BCUT2D eigenvalue weighted by atomic mass is 10.1. The van der Waals surface area contributed by atoms with E-state index in [0.29, 0.717) is 0 Å². The van der Waals surface area contributed by atoms with Crippen LogP contribution in [0.3, 0.4) is 0 Å². The smallest absolute Gasteiger partial charge is 0.319 e. The quantitative estimate of drug-likeness (QED) is 0.868. The van der Waals surface area contributed by atoms with E-state index in [2.05, 4.69) is 15.4 Å². The molecule has 1 N–H and O–H groups in total. The minimum atomic E-state index is -4.77. The maximum absolute atomic E-state index is 12.8. The third-order valence-electron chi connectivity index (χ3n) is 2.34. The summed E-state index contributed by atoms with van der Waals surface area (Å²) in [7, 11) is 1.61. The maximum atomic E-state index is 12.8. The summed E-state index contributed by atoms with van der Waals surface area (Å²) in [5, 5.41) is 5.76. The molecule has 0 aliphatic rings. The van der Waals surface area contributed by atoms with Gasteiger partial charge in [0, 0.05) is 13.2 Å². The first-order valence-electron chi connectivity index (χ1n) is 5.31. The summed E-state index contributed by atoms with van der Waals surface area (Å²) >= 11 is 5.43. The molecule has 5 nitrogen and oxygen atoms in total.